The number of aliphatic hydroxyl groups is 1. The topological polar surface area (TPSA) is 80.7 Å². The van der Waals surface area contributed by atoms with Crippen LogP contribution in [0.3, 0.4) is 0 Å². The molecular formula is C21H24O5. The van der Waals surface area contributed by atoms with Gasteiger partial charge in [-0.2, -0.15) is 0 Å². The quantitative estimate of drug-likeness (QED) is 0.353. The summed E-state index contributed by atoms with van der Waals surface area (Å²) < 4.78 is 5.07. The minimum absolute atomic E-state index is 0.0621. The van der Waals surface area contributed by atoms with Crippen LogP contribution in [0.15, 0.2) is 47.3 Å². The van der Waals surface area contributed by atoms with E-state index in [1.54, 1.807) is 6.08 Å². The Morgan fingerprint density at radius 3 is 2.69 bits per heavy atom. The van der Waals surface area contributed by atoms with Crippen molar-refractivity contribution in [2.24, 2.45) is 16.7 Å². The molecule has 5 heteroatoms. The summed E-state index contributed by atoms with van der Waals surface area (Å²) in [5, 5.41) is 10.6. The van der Waals surface area contributed by atoms with Crippen LogP contribution in [0, 0.1) is 16.7 Å². The fourth-order valence-electron chi connectivity index (χ4n) is 5.07. The van der Waals surface area contributed by atoms with Gasteiger partial charge in [-0.1, -0.05) is 38.5 Å². The smallest absolute Gasteiger partial charge is 0.293 e. The van der Waals surface area contributed by atoms with Crippen molar-refractivity contribution >= 4 is 18.0 Å². The molecule has 0 amide bonds. The molecule has 1 fully saturated rings. The van der Waals surface area contributed by atoms with Gasteiger partial charge in [-0.25, -0.2) is 0 Å². The van der Waals surface area contributed by atoms with Crippen molar-refractivity contribution in [3.8, 4) is 0 Å². The van der Waals surface area contributed by atoms with Gasteiger partial charge in [0, 0.05) is 27.5 Å². The number of hydrogen-bond donors (Lipinski definition) is 1. The molecule has 3 atom stereocenters. The number of ether oxygens (including phenoxy) is 1. The van der Waals surface area contributed by atoms with E-state index in [1.807, 2.05) is 19.9 Å². The normalized spacial score (nSPS) is 33.7. The first-order chi connectivity index (χ1) is 12.3. The third-order valence-electron chi connectivity index (χ3n) is 6.25. The predicted molar refractivity (Wildman–Crippen MR) is 96.2 cm³/mol. The van der Waals surface area contributed by atoms with Gasteiger partial charge in [0.25, 0.3) is 6.47 Å². The highest BCUT2D eigenvalue weighted by Gasteiger charge is 2.55. The summed E-state index contributed by atoms with van der Waals surface area (Å²) in [5.41, 5.74) is 0.0536. The third-order valence-corrected chi connectivity index (χ3v) is 6.25. The molecule has 0 heterocycles. The van der Waals surface area contributed by atoms with Crippen LogP contribution >= 0.6 is 0 Å². The molecule has 0 aromatic heterocycles. The Morgan fingerprint density at radius 2 is 2.04 bits per heavy atom. The molecule has 0 spiro atoms. The first-order valence-corrected chi connectivity index (χ1v) is 8.91. The fraction of sp³-hybridized carbons (Fsp3) is 0.476. The second kappa shape index (κ2) is 6.38. The van der Waals surface area contributed by atoms with Crippen LogP contribution in [0.5, 0.6) is 0 Å². The second-order valence-electron chi connectivity index (χ2n) is 7.94. The van der Waals surface area contributed by atoms with E-state index in [9.17, 15) is 19.5 Å². The van der Waals surface area contributed by atoms with Gasteiger partial charge in [-0.3, -0.25) is 14.4 Å². The number of aliphatic hydroxyl groups excluding tert-OH is 1. The molecule has 0 bridgehead atoms. The lowest BCUT2D eigenvalue weighted by Gasteiger charge is -2.53. The maximum Gasteiger partial charge on any atom is 0.293 e. The molecule has 1 saturated carbocycles. The Labute approximate surface area is 153 Å². The Morgan fingerprint density at radius 1 is 1.31 bits per heavy atom. The van der Waals surface area contributed by atoms with Crippen molar-refractivity contribution in [2.75, 3.05) is 6.61 Å². The molecule has 3 unspecified atom stereocenters. The van der Waals surface area contributed by atoms with E-state index in [0.29, 0.717) is 17.6 Å². The van der Waals surface area contributed by atoms with Crippen molar-refractivity contribution in [3.63, 3.8) is 0 Å². The molecule has 0 aromatic carbocycles. The van der Waals surface area contributed by atoms with Crippen molar-refractivity contribution in [3.05, 3.63) is 47.3 Å². The average molecular weight is 356 g/mol. The molecule has 26 heavy (non-hydrogen) atoms. The molecule has 3 aliphatic rings. The molecule has 0 radical (unpaired) electrons. The van der Waals surface area contributed by atoms with Crippen molar-refractivity contribution in [2.45, 2.75) is 39.5 Å². The maximum absolute atomic E-state index is 13.0. The van der Waals surface area contributed by atoms with E-state index in [1.165, 1.54) is 6.08 Å². The summed E-state index contributed by atoms with van der Waals surface area (Å²) in [7, 11) is 0. The van der Waals surface area contributed by atoms with Crippen molar-refractivity contribution in [1.82, 2.24) is 0 Å². The first-order valence-electron chi connectivity index (χ1n) is 8.91. The second-order valence-corrected chi connectivity index (χ2v) is 7.94. The van der Waals surface area contributed by atoms with Crippen molar-refractivity contribution < 1.29 is 24.2 Å². The van der Waals surface area contributed by atoms with Crippen LogP contribution in [0.1, 0.15) is 39.5 Å². The van der Waals surface area contributed by atoms with E-state index in [2.05, 4.69) is 6.58 Å². The van der Waals surface area contributed by atoms with Gasteiger partial charge in [-0.05, 0) is 25.2 Å². The maximum atomic E-state index is 13.0. The number of rotatable bonds is 5. The molecule has 3 rings (SSSR count). The monoisotopic (exact) mass is 356 g/mol. The average Bonchev–Trinajstić information content (AvgIpc) is 2.61. The Bertz CT molecular complexity index is 784. The van der Waals surface area contributed by atoms with Crippen LogP contribution < -0.4 is 0 Å². The minimum Gasteiger partial charge on any atom is -0.507 e. The molecule has 3 aliphatic carbocycles. The largest absolute Gasteiger partial charge is 0.507 e. The number of Topliss-reactive ketones (excluding diaryl/α,β-unsaturated/α-hetero) is 2. The van der Waals surface area contributed by atoms with Crippen LogP contribution in [-0.4, -0.2) is 29.8 Å². The molecule has 0 saturated heterocycles. The van der Waals surface area contributed by atoms with Crippen LogP contribution in [-0.2, 0) is 19.1 Å². The lowest BCUT2D eigenvalue weighted by molar-refractivity contribution is -0.137. The lowest BCUT2D eigenvalue weighted by atomic mass is 9.50. The van der Waals surface area contributed by atoms with Gasteiger partial charge in [0.15, 0.2) is 0 Å². The van der Waals surface area contributed by atoms with Gasteiger partial charge in [0.05, 0.1) is 6.61 Å². The Balaban J connectivity index is 2.13. The number of allylic oxidation sites excluding steroid dienone is 5. The molecule has 0 aromatic rings. The molecule has 0 aliphatic heterocycles. The number of carbonyl (C=O) groups excluding carboxylic acids is 3. The van der Waals surface area contributed by atoms with Gasteiger partial charge < -0.3 is 9.84 Å². The number of hydrogen-bond acceptors (Lipinski definition) is 5. The SMILES string of the molecule is C=CCC1=C(O)C2=C(C(=O)C1=O)C1(C)CCCC(C)(COC=O)C1C=C2. The van der Waals surface area contributed by atoms with E-state index in [-0.39, 0.29) is 35.7 Å². The zero-order valence-electron chi connectivity index (χ0n) is 15.2. The first kappa shape index (κ1) is 18.4. The standard InChI is InChI=1S/C21H24O5/c1-4-6-14-17(23)13-7-8-15-20(2,11-26-12-22)9-5-10-21(15,3)16(13)19(25)18(14)24/h4,7-8,12,15,23H,1,5-6,9-11H2,2-3H3. The van der Waals surface area contributed by atoms with Crippen LogP contribution in [0.25, 0.3) is 0 Å². The highest BCUT2D eigenvalue weighted by molar-refractivity contribution is 6.50. The molecule has 1 N–H and O–H groups in total. The summed E-state index contributed by atoms with van der Waals surface area (Å²) in [4.78, 5) is 36.3. The van der Waals surface area contributed by atoms with E-state index in [4.69, 9.17) is 4.74 Å². The molecule has 5 nitrogen and oxygen atoms in total. The highest BCUT2D eigenvalue weighted by atomic mass is 16.5. The zero-order chi connectivity index (χ0) is 19.1. The van der Waals surface area contributed by atoms with Gasteiger partial charge in [0.1, 0.15) is 5.76 Å². The molecular weight excluding hydrogens is 332 g/mol. The van der Waals surface area contributed by atoms with E-state index in [0.717, 1.165) is 19.3 Å². The summed E-state index contributed by atoms with van der Waals surface area (Å²) in [5.74, 6) is -1.36. The number of carbonyl (C=O) groups is 3. The fourth-order valence-corrected chi connectivity index (χ4v) is 5.07. The number of fused-ring (bicyclic) bond motifs is 2. The van der Waals surface area contributed by atoms with Gasteiger partial charge >= 0.3 is 0 Å². The van der Waals surface area contributed by atoms with E-state index < -0.39 is 17.0 Å². The minimum atomic E-state index is -0.646. The highest BCUT2D eigenvalue weighted by Crippen LogP contribution is 2.59. The van der Waals surface area contributed by atoms with E-state index >= 15 is 0 Å². The summed E-state index contributed by atoms with van der Waals surface area (Å²) in [6.07, 6.45) is 7.86. The van der Waals surface area contributed by atoms with Crippen molar-refractivity contribution in [1.29, 1.82) is 0 Å². The van der Waals surface area contributed by atoms with Crippen LogP contribution in [0.2, 0.25) is 0 Å². The zero-order valence-corrected chi connectivity index (χ0v) is 15.2. The predicted octanol–water partition coefficient (Wildman–Crippen LogP) is 3.38. The number of ketones is 2. The summed E-state index contributed by atoms with van der Waals surface area (Å²) >= 11 is 0. The lowest BCUT2D eigenvalue weighted by Crippen LogP contribution is -2.50. The Hall–Kier alpha value is -2.43. The van der Waals surface area contributed by atoms with Crippen LogP contribution in [0.4, 0.5) is 0 Å². The summed E-state index contributed by atoms with van der Waals surface area (Å²) in [6.45, 7) is 8.32. The van der Waals surface area contributed by atoms with Gasteiger partial charge in [-0.15, -0.1) is 6.58 Å². The molecule has 138 valence electrons. The van der Waals surface area contributed by atoms with Gasteiger partial charge in [0.2, 0.25) is 11.6 Å². The third kappa shape index (κ3) is 2.49. The summed E-state index contributed by atoms with van der Waals surface area (Å²) in [6, 6.07) is 0. The Kier molecular flexibility index (Phi) is 4.51.